The van der Waals surface area contributed by atoms with Gasteiger partial charge in [0.2, 0.25) is 0 Å². The first-order valence-electron chi connectivity index (χ1n) is 5.75. The summed E-state index contributed by atoms with van der Waals surface area (Å²) in [4.78, 5) is 0. The zero-order valence-corrected chi connectivity index (χ0v) is 10.7. The third-order valence-electron chi connectivity index (χ3n) is 2.65. The van der Waals surface area contributed by atoms with Crippen molar-refractivity contribution < 1.29 is 4.74 Å². The Morgan fingerprint density at radius 3 is 2.59 bits per heavy atom. The van der Waals surface area contributed by atoms with Gasteiger partial charge in [-0.05, 0) is 47.0 Å². The minimum atomic E-state index is 0.0786. The Balaban J connectivity index is 1.83. The maximum absolute atomic E-state index is 5.79. The number of hydrogen-bond donors (Lipinski definition) is 1. The Morgan fingerprint density at radius 1 is 1.24 bits per heavy atom. The molecule has 3 heteroatoms. The first-order valence-corrected chi connectivity index (χ1v) is 6.69. The van der Waals surface area contributed by atoms with Crippen LogP contribution in [0.3, 0.4) is 0 Å². The molecule has 0 amide bonds. The second-order valence-corrected chi connectivity index (χ2v) is 4.87. The van der Waals surface area contributed by atoms with E-state index in [1.54, 1.807) is 11.3 Å². The normalized spacial score (nSPS) is 12.4. The van der Waals surface area contributed by atoms with Crippen LogP contribution in [0.5, 0.6) is 5.75 Å². The van der Waals surface area contributed by atoms with Gasteiger partial charge in [0.1, 0.15) is 5.75 Å². The van der Waals surface area contributed by atoms with E-state index in [2.05, 4.69) is 16.8 Å². The number of nitrogens with two attached hydrogens (primary N) is 1. The van der Waals surface area contributed by atoms with Crippen LogP contribution >= 0.6 is 11.3 Å². The number of thiophene rings is 1. The summed E-state index contributed by atoms with van der Waals surface area (Å²) in [5.74, 6) is 0.907. The molecule has 1 aromatic carbocycles. The Morgan fingerprint density at radius 2 is 2.00 bits per heavy atom. The smallest absolute Gasteiger partial charge is 0.119 e. The molecular weight excluding hydrogens is 230 g/mol. The van der Waals surface area contributed by atoms with Crippen LogP contribution in [0.4, 0.5) is 0 Å². The van der Waals surface area contributed by atoms with Crippen LogP contribution in [-0.2, 0) is 6.42 Å². The quantitative estimate of drug-likeness (QED) is 0.879. The number of hydrogen-bond acceptors (Lipinski definition) is 3. The fourth-order valence-electron chi connectivity index (χ4n) is 1.59. The lowest BCUT2D eigenvalue weighted by atomic mass is 10.1. The third-order valence-corrected chi connectivity index (χ3v) is 3.38. The summed E-state index contributed by atoms with van der Waals surface area (Å²) in [5, 5.41) is 4.25. The van der Waals surface area contributed by atoms with Crippen LogP contribution in [-0.4, -0.2) is 6.61 Å². The van der Waals surface area contributed by atoms with E-state index in [9.17, 15) is 0 Å². The van der Waals surface area contributed by atoms with Crippen LogP contribution in [0.15, 0.2) is 41.1 Å². The molecule has 0 radical (unpaired) electrons. The summed E-state index contributed by atoms with van der Waals surface area (Å²) in [6, 6.07) is 10.2. The molecule has 0 aliphatic rings. The molecular formula is C14H17NOS. The van der Waals surface area contributed by atoms with Gasteiger partial charge in [-0.25, -0.2) is 0 Å². The molecule has 0 saturated heterocycles. The molecule has 2 N–H and O–H groups in total. The van der Waals surface area contributed by atoms with Gasteiger partial charge in [0.05, 0.1) is 6.61 Å². The van der Waals surface area contributed by atoms with Gasteiger partial charge in [0.25, 0.3) is 0 Å². The first-order chi connectivity index (χ1) is 8.25. The summed E-state index contributed by atoms with van der Waals surface area (Å²) in [7, 11) is 0. The molecule has 1 aromatic heterocycles. The standard InChI is InChI=1S/C14H17NOS/c1-11(15)13-2-4-14(5-3-13)16-8-6-12-7-9-17-10-12/h2-5,7,9-11H,6,8,15H2,1H3/t11-/m1/s1. The third kappa shape index (κ3) is 3.58. The molecule has 1 heterocycles. The van der Waals surface area contributed by atoms with E-state index in [1.165, 1.54) is 5.56 Å². The van der Waals surface area contributed by atoms with Gasteiger partial charge in [-0.2, -0.15) is 11.3 Å². The van der Waals surface area contributed by atoms with E-state index < -0.39 is 0 Å². The first kappa shape index (κ1) is 12.1. The summed E-state index contributed by atoms with van der Waals surface area (Å²) in [5.41, 5.74) is 8.26. The highest BCUT2D eigenvalue weighted by molar-refractivity contribution is 7.07. The summed E-state index contributed by atoms with van der Waals surface area (Å²) in [6.45, 7) is 2.70. The highest BCUT2D eigenvalue weighted by atomic mass is 32.1. The van der Waals surface area contributed by atoms with Crippen molar-refractivity contribution in [3.63, 3.8) is 0 Å². The predicted octanol–water partition coefficient (Wildman–Crippen LogP) is 3.39. The lowest BCUT2D eigenvalue weighted by Crippen LogP contribution is -2.05. The zero-order valence-electron chi connectivity index (χ0n) is 9.93. The topological polar surface area (TPSA) is 35.2 Å². The van der Waals surface area contributed by atoms with Crippen molar-refractivity contribution >= 4 is 11.3 Å². The SMILES string of the molecule is C[C@@H](N)c1ccc(OCCc2ccsc2)cc1. The average Bonchev–Trinajstić information content (AvgIpc) is 2.83. The van der Waals surface area contributed by atoms with Crippen LogP contribution in [0.2, 0.25) is 0 Å². The summed E-state index contributed by atoms with van der Waals surface area (Å²) >= 11 is 1.72. The fourth-order valence-corrected chi connectivity index (χ4v) is 2.29. The zero-order chi connectivity index (χ0) is 12.1. The fraction of sp³-hybridized carbons (Fsp3) is 0.286. The van der Waals surface area contributed by atoms with Gasteiger partial charge in [-0.15, -0.1) is 0 Å². The Bertz CT molecular complexity index is 434. The predicted molar refractivity (Wildman–Crippen MR) is 72.6 cm³/mol. The van der Waals surface area contributed by atoms with Crippen LogP contribution in [0, 0.1) is 0 Å². The highest BCUT2D eigenvalue weighted by Gasteiger charge is 2.00. The molecule has 2 aromatic rings. The van der Waals surface area contributed by atoms with Gasteiger partial charge in [-0.3, -0.25) is 0 Å². The second-order valence-electron chi connectivity index (χ2n) is 4.09. The number of ether oxygens (including phenoxy) is 1. The minimum Gasteiger partial charge on any atom is -0.493 e. The van der Waals surface area contributed by atoms with Crippen molar-refractivity contribution in [2.75, 3.05) is 6.61 Å². The van der Waals surface area contributed by atoms with Gasteiger partial charge < -0.3 is 10.5 Å². The van der Waals surface area contributed by atoms with E-state index in [-0.39, 0.29) is 6.04 Å². The van der Waals surface area contributed by atoms with Crippen molar-refractivity contribution in [3.8, 4) is 5.75 Å². The van der Waals surface area contributed by atoms with E-state index in [4.69, 9.17) is 10.5 Å². The number of benzene rings is 1. The van der Waals surface area contributed by atoms with E-state index in [0.717, 1.165) is 17.7 Å². The van der Waals surface area contributed by atoms with Crippen molar-refractivity contribution in [2.45, 2.75) is 19.4 Å². The Hall–Kier alpha value is -1.32. The Kier molecular flexibility index (Phi) is 4.18. The minimum absolute atomic E-state index is 0.0786. The monoisotopic (exact) mass is 247 g/mol. The lowest BCUT2D eigenvalue weighted by Gasteiger charge is -2.08. The van der Waals surface area contributed by atoms with Gasteiger partial charge >= 0.3 is 0 Å². The molecule has 0 aliphatic carbocycles. The molecule has 2 nitrogen and oxygen atoms in total. The highest BCUT2D eigenvalue weighted by Crippen LogP contribution is 2.16. The van der Waals surface area contributed by atoms with E-state index in [1.807, 2.05) is 31.2 Å². The van der Waals surface area contributed by atoms with Crippen LogP contribution in [0.1, 0.15) is 24.1 Å². The largest absolute Gasteiger partial charge is 0.493 e. The molecule has 0 fully saturated rings. The van der Waals surface area contributed by atoms with Crippen molar-refractivity contribution in [1.82, 2.24) is 0 Å². The molecule has 90 valence electrons. The summed E-state index contributed by atoms with van der Waals surface area (Å²) < 4.78 is 5.68. The van der Waals surface area contributed by atoms with Crippen LogP contribution < -0.4 is 10.5 Å². The van der Waals surface area contributed by atoms with Gasteiger partial charge in [0, 0.05) is 12.5 Å². The van der Waals surface area contributed by atoms with E-state index >= 15 is 0 Å². The molecule has 0 bridgehead atoms. The second kappa shape index (κ2) is 5.84. The van der Waals surface area contributed by atoms with Crippen molar-refractivity contribution in [2.24, 2.45) is 5.73 Å². The van der Waals surface area contributed by atoms with Crippen molar-refractivity contribution in [1.29, 1.82) is 0 Å². The molecule has 0 aliphatic heterocycles. The summed E-state index contributed by atoms with van der Waals surface area (Å²) in [6.07, 6.45) is 0.957. The van der Waals surface area contributed by atoms with Gasteiger partial charge in [-0.1, -0.05) is 12.1 Å². The maximum Gasteiger partial charge on any atom is 0.119 e. The number of rotatable bonds is 5. The maximum atomic E-state index is 5.79. The molecule has 17 heavy (non-hydrogen) atoms. The van der Waals surface area contributed by atoms with Crippen molar-refractivity contribution in [3.05, 3.63) is 52.2 Å². The lowest BCUT2D eigenvalue weighted by molar-refractivity contribution is 0.322. The molecule has 0 saturated carbocycles. The van der Waals surface area contributed by atoms with Crippen LogP contribution in [0.25, 0.3) is 0 Å². The average molecular weight is 247 g/mol. The van der Waals surface area contributed by atoms with E-state index in [0.29, 0.717) is 6.61 Å². The Labute approximate surface area is 106 Å². The van der Waals surface area contributed by atoms with Gasteiger partial charge in [0.15, 0.2) is 0 Å². The molecule has 0 unspecified atom stereocenters. The molecule has 1 atom stereocenters. The molecule has 2 rings (SSSR count). The molecule has 0 spiro atoms.